The van der Waals surface area contributed by atoms with Gasteiger partial charge in [-0.1, -0.05) is 11.3 Å². The largest absolute Gasteiger partial charge is 0.508 e. The molecule has 2 aromatic rings. The van der Waals surface area contributed by atoms with Gasteiger partial charge in [-0.3, -0.25) is 4.79 Å². The van der Waals surface area contributed by atoms with Crippen LogP contribution >= 0.6 is 11.3 Å². The normalized spacial score (nSPS) is 12.8. The summed E-state index contributed by atoms with van der Waals surface area (Å²) in [6, 6.07) is 1.70. The molecule has 1 atom stereocenters. The summed E-state index contributed by atoms with van der Waals surface area (Å²) in [5.74, 6) is -1.25. The Morgan fingerprint density at radius 1 is 1.53 bits per heavy atom. The van der Waals surface area contributed by atoms with Gasteiger partial charge in [0.05, 0.1) is 4.70 Å². The molecule has 6 nitrogen and oxygen atoms in total. The molecule has 7 heteroatoms. The first kappa shape index (κ1) is 11.6. The van der Waals surface area contributed by atoms with Gasteiger partial charge in [-0.2, -0.15) is 0 Å². The quantitative estimate of drug-likeness (QED) is 0.736. The van der Waals surface area contributed by atoms with Crippen molar-refractivity contribution < 1.29 is 19.4 Å². The molecule has 1 unspecified atom stereocenters. The van der Waals surface area contributed by atoms with Crippen LogP contribution in [0.5, 0.6) is 5.75 Å². The molecule has 0 aliphatic carbocycles. The van der Waals surface area contributed by atoms with E-state index in [1.807, 2.05) is 0 Å². The number of phenols is 1. The highest BCUT2D eigenvalue weighted by Gasteiger charge is 2.16. The van der Waals surface area contributed by atoms with E-state index in [9.17, 15) is 14.7 Å². The number of carbonyl (C=O) groups is 1. The molecular formula is C10H9NO5S. The van der Waals surface area contributed by atoms with Crippen LogP contribution < -0.4 is 10.7 Å². The second-order valence-corrected chi connectivity index (χ2v) is 4.51. The third-order valence-electron chi connectivity index (χ3n) is 2.29. The summed E-state index contributed by atoms with van der Waals surface area (Å²) in [6.45, 7) is 0. The second-order valence-electron chi connectivity index (χ2n) is 3.53. The van der Waals surface area contributed by atoms with Crippen molar-refractivity contribution in [3.8, 4) is 5.75 Å². The lowest BCUT2D eigenvalue weighted by Gasteiger charge is -2.07. The molecule has 1 aromatic heterocycles. The molecule has 0 saturated carbocycles. The number of fused-ring (bicyclic) bond motifs is 1. The number of carboxylic acids is 1. The standard InChI is InChI=1S/C10H9NO5S/c11-5(9(13)14)1-4-2-7-8(3-6(4)12)17-10(15)16-7/h2-3,5,12H,1,11H2,(H,13,14). The van der Waals surface area contributed by atoms with Gasteiger partial charge < -0.3 is 20.4 Å². The van der Waals surface area contributed by atoms with Crippen molar-refractivity contribution in [2.75, 3.05) is 0 Å². The second kappa shape index (κ2) is 4.19. The van der Waals surface area contributed by atoms with Crippen LogP contribution in [0.15, 0.2) is 21.3 Å². The molecule has 0 radical (unpaired) electrons. The molecule has 2 rings (SSSR count). The molecule has 0 spiro atoms. The van der Waals surface area contributed by atoms with Gasteiger partial charge in [0.25, 0.3) is 0 Å². The van der Waals surface area contributed by atoms with Crippen molar-refractivity contribution in [3.63, 3.8) is 0 Å². The fourth-order valence-corrected chi connectivity index (χ4v) is 2.12. The molecule has 17 heavy (non-hydrogen) atoms. The lowest BCUT2D eigenvalue weighted by molar-refractivity contribution is -0.138. The molecule has 1 heterocycles. The van der Waals surface area contributed by atoms with E-state index in [0.29, 0.717) is 15.8 Å². The fraction of sp³-hybridized carbons (Fsp3) is 0.200. The predicted octanol–water partition coefficient (Wildman–Crippen LogP) is 0.515. The van der Waals surface area contributed by atoms with Gasteiger partial charge in [-0.25, -0.2) is 4.79 Å². The number of hydrogen-bond donors (Lipinski definition) is 3. The monoisotopic (exact) mass is 255 g/mol. The van der Waals surface area contributed by atoms with E-state index in [2.05, 4.69) is 0 Å². The van der Waals surface area contributed by atoms with Crippen molar-refractivity contribution in [1.82, 2.24) is 0 Å². The average molecular weight is 255 g/mol. The number of rotatable bonds is 3. The van der Waals surface area contributed by atoms with E-state index >= 15 is 0 Å². The summed E-state index contributed by atoms with van der Waals surface area (Å²) in [5.41, 5.74) is 6.03. The van der Waals surface area contributed by atoms with Crippen LogP contribution in [0.1, 0.15) is 5.56 Å². The highest BCUT2D eigenvalue weighted by Crippen LogP contribution is 2.27. The molecule has 0 fully saturated rings. The summed E-state index contributed by atoms with van der Waals surface area (Å²) >= 11 is 0.870. The van der Waals surface area contributed by atoms with Gasteiger partial charge in [0.15, 0.2) is 0 Å². The zero-order valence-corrected chi connectivity index (χ0v) is 9.36. The van der Waals surface area contributed by atoms with Crippen molar-refractivity contribution in [2.45, 2.75) is 12.5 Å². The van der Waals surface area contributed by atoms with Gasteiger partial charge >= 0.3 is 10.9 Å². The van der Waals surface area contributed by atoms with Crippen LogP contribution in [-0.2, 0) is 11.2 Å². The first-order chi connectivity index (χ1) is 7.97. The van der Waals surface area contributed by atoms with Crippen molar-refractivity contribution in [3.05, 3.63) is 27.4 Å². The third-order valence-corrected chi connectivity index (χ3v) is 3.08. The van der Waals surface area contributed by atoms with Gasteiger partial charge in [0, 0.05) is 12.5 Å². The highest BCUT2D eigenvalue weighted by atomic mass is 32.1. The van der Waals surface area contributed by atoms with Gasteiger partial charge in [-0.05, 0) is 11.6 Å². The number of nitrogens with two attached hydrogens (primary N) is 1. The Morgan fingerprint density at radius 3 is 2.88 bits per heavy atom. The van der Waals surface area contributed by atoms with E-state index in [4.69, 9.17) is 15.3 Å². The van der Waals surface area contributed by atoms with Crippen LogP contribution in [0.25, 0.3) is 10.3 Å². The Labute approximate surface area is 98.9 Å². The van der Waals surface area contributed by atoms with E-state index in [-0.39, 0.29) is 12.2 Å². The minimum atomic E-state index is -1.16. The van der Waals surface area contributed by atoms with E-state index in [0.717, 1.165) is 11.3 Å². The molecule has 90 valence electrons. The Kier molecular flexibility index (Phi) is 2.86. The molecule has 0 aliphatic rings. The minimum absolute atomic E-state index is 0.0311. The molecule has 0 bridgehead atoms. The summed E-state index contributed by atoms with van der Waals surface area (Å²) in [7, 11) is 0. The lowest BCUT2D eigenvalue weighted by atomic mass is 10.1. The lowest BCUT2D eigenvalue weighted by Crippen LogP contribution is -2.32. The Morgan fingerprint density at radius 2 is 2.24 bits per heavy atom. The van der Waals surface area contributed by atoms with Crippen LogP contribution in [0.3, 0.4) is 0 Å². The zero-order chi connectivity index (χ0) is 12.6. The Bertz CT molecular complexity index is 629. The fourth-order valence-electron chi connectivity index (χ4n) is 1.44. The smallest absolute Gasteiger partial charge is 0.396 e. The van der Waals surface area contributed by atoms with Gasteiger partial charge in [-0.15, -0.1) is 0 Å². The van der Waals surface area contributed by atoms with Crippen LogP contribution in [-0.4, -0.2) is 22.2 Å². The number of phenolic OH excluding ortho intramolecular Hbond substituents is 1. The predicted molar refractivity (Wildman–Crippen MR) is 61.3 cm³/mol. The first-order valence-corrected chi connectivity index (χ1v) is 5.53. The minimum Gasteiger partial charge on any atom is -0.508 e. The van der Waals surface area contributed by atoms with Crippen molar-refractivity contribution in [1.29, 1.82) is 0 Å². The van der Waals surface area contributed by atoms with E-state index < -0.39 is 17.0 Å². The molecule has 0 aliphatic heterocycles. The summed E-state index contributed by atoms with van der Waals surface area (Å²) in [4.78, 5) is 21.1. The molecule has 1 aromatic carbocycles. The van der Waals surface area contributed by atoms with E-state index in [1.54, 1.807) is 0 Å². The maximum Gasteiger partial charge on any atom is 0.396 e. The summed E-state index contributed by atoms with van der Waals surface area (Å²) < 4.78 is 5.38. The van der Waals surface area contributed by atoms with Crippen LogP contribution in [0.2, 0.25) is 0 Å². The van der Waals surface area contributed by atoms with Crippen molar-refractivity contribution in [2.24, 2.45) is 5.73 Å². The maximum atomic E-state index is 11.0. The summed E-state index contributed by atoms with van der Waals surface area (Å²) in [5, 5.41) is 18.3. The zero-order valence-electron chi connectivity index (χ0n) is 8.54. The first-order valence-electron chi connectivity index (χ1n) is 4.71. The maximum absolute atomic E-state index is 11.0. The Balaban J connectivity index is 2.43. The average Bonchev–Trinajstić information content (AvgIpc) is 2.57. The van der Waals surface area contributed by atoms with Gasteiger partial charge in [0.1, 0.15) is 17.4 Å². The van der Waals surface area contributed by atoms with Crippen LogP contribution in [0, 0.1) is 0 Å². The molecule has 0 saturated heterocycles. The molecular weight excluding hydrogens is 246 g/mol. The molecule has 0 amide bonds. The topological polar surface area (TPSA) is 114 Å². The summed E-state index contributed by atoms with van der Waals surface area (Å²) in [6.07, 6.45) is -0.0311. The van der Waals surface area contributed by atoms with Crippen molar-refractivity contribution >= 4 is 27.6 Å². The van der Waals surface area contributed by atoms with Gasteiger partial charge in [0.2, 0.25) is 0 Å². The number of hydrogen-bond acceptors (Lipinski definition) is 6. The number of carboxylic acid groups (broad SMARTS) is 1. The SMILES string of the molecule is NC(Cc1cc2oc(=O)sc2cc1O)C(=O)O. The number of aliphatic carboxylic acids is 1. The third kappa shape index (κ3) is 2.29. The Hall–Kier alpha value is -1.86. The van der Waals surface area contributed by atoms with Crippen LogP contribution in [0.4, 0.5) is 0 Å². The molecule has 4 N–H and O–H groups in total. The highest BCUT2D eigenvalue weighted by molar-refractivity contribution is 7.16. The van der Waals surface area contributed by atoms with E-state index in [1.165, 1.54) is 12.1 Å². The number of benzene rings is 1. The number of aromatic hydroxyl groups is 1.